The van der Waals surface area contributed by atoms with Gasteiger partial charge in [0.25, 0.3) is 5.91 Å². The molecule has 3 aromatic rings. The summed E-state index contributed by atoms with van der Waals surface area (Å²) in [4.78, 5) is 103. The molecule has 1 heterocycles. The van der Waals surface area contributed by atoms with E-state index < -0.39 is 125 Å². The van der Waals surface area contributed by atoms with E-state index in [1.165, 1.54) is 70.1 Å². The minimum Gasteiger partial charge on any atom is -0.455 e. The third-order valence-electron chi connectivity index (χ3n) is 24.2. The number of aliphatic hydroxyl groups is 2. The summed E-state index contributed by atoms with van der Waals surface area (Å²) < 4.78 is 44.1. The molecule has 3 N–H and O–H groups in total. The predicted molar refractivity (Wildman–Crippen MR) is 340 cm³/mol. The molecule has 1 saturated heterocycles. The van der Waals surface area contributed by atoms with Gasteiger partial charge in [-0.25, -0.2) is 14.4 Å². The summed E-state index contributed by atoms with van der Waals surface area (Å²) in [5.41, 5.74) is -5.88. The molecule has 11 rings (SSSR count). The van der Waals surface area contributed by atoms with Crippen LogP contribution >= 0.6 is 0 Å². The van der Waals surface area contributed by atoms with Gasteiger partial charge in [-0.2, -0.15) is 0 Å². The van der Waals surface area contributed by atoms with Gasteiger partial charge in [-0.1, -0.05) is 146 Å². The number of esters is 4. The molecule has 17 nitrogen and oxygen atoms in total. The van der Waals surface area contributed by atoms with Crippen LogP contribution in [0.5, 0.6) is 0 Å². The number of Topliss-reactive ketones (excluding diaryl/α,β-unsaturated/α-hetero) is 1. The van der Waals surface area contributed by atoms with E-state index in [9.17, 15) is 34.2 Å². The Morgan fingerprint density at radius 1 is 0.761 bits per heavy atom. The first-order valence-electron chi connectivity index (χ1n) is 33.7. The zero-order valence-corrected chi connectivity index (χ0v) is 55.4. The Hall–Kier alpha value is -6.69. The first kappa shape index (κ1) is 66.8. The van der Waals surface area contributed by atoms with Gasteiger partial charge in [-0.15, -0.1) is 0 Å². The van der Waals surface area contributed by atoms with Crippen molar-refractivity contribution in [2.75, 3.05) is 6.61 Å². The fraction of sp³-hybridized carbons (Fsp3) is 0.613. The summed E-state index contributed by atoms with van der Waals surface area (Å²) in [6.45, 7) is 20.2. The fourth-order valence-electron chi connectivity index (χ4n) is 19.3. The topological polar surface area (TPSA) is 237 Å². The van der Waals surface area contributed by atoms with Crippen LogP contribution < -0.4 is 5.32 Å². The number of fused-ring (bicyclic) bond motifs is 10. The van der Waals surface area contributed by atoms with Gasteiger partial charge in [0.1, 0.15) is 36.1 Å². The second kappa shape index (κ2) is 25.6. The number of ketones is 1. The van der Waals surface area contributed by atoms with Crippen LogP contribution in [0.3, 0.4) is 0 Å². The molecule has 0 aromatic heterocycles. The average Bonchev–Trinajstić information content (AvgIpc) is 0.743. The zero-order chi connectivity index (χ0) is 66.0. The summed E-state index contributed by atoms with van der Waals surface area (Å²) in [6, 6.07) is 23.3. The normalized spacial score (nSPS) is 36.0. The third kappa shape index (κ3) is 11.6. The summed E-state index contributed by atoms with van der Waals surface area (Å²) in [5, 5.41) is 29.6. The molecule has 0 unspecified atom stereocenters. The first-order chi connectivity index (χ1) is 43.6. The molecule has 6 fully saturated rings. The Bertz CT molecular complexity index is 3360. The molecule has 17 heteroatoms. The highest BCUT2D eigenvalue weighted by molar-refractivity contribution is 5.96. The lowest BCUT2D eigenvalue weighted by atomic mass is 9.44. The Kier molecular flexibility index (Phi) is 18.5. The molecule has 2 bridgehead atoms. The number of nitrogens with one attached hydrogen (secondary N) is 1. The first-order valence-corrected chi connectivity index (χ1v) is 33.7. The smallest absolute Gasteiger partial charge is 0.455 e. The van der Waals surface area contributed by atoms with Crippen LogP contribution in [0.2, 0.25) is 0 Å². The lowest BCUT2D eigenvalue weighted by Crippen LogP contribution is -2.82. The maximum atomic E-state index is 16.0. The molecule has 0 spiro atoms. The van der Waals surface area contributed by atoms with Crippen LogP contribution in [-0.2, 0) is 52.3 Å². The third-order valence-corrected chi connectivity index (χ3v) is 24.2. The van der Waals surface area contributed by atoms with Gasteiger partial charge in [0, 0.05) is 44.1 Å². The van der Waals surface area contributed by atoms with Crippen LogP contribution in [0.4, 0.5) is 4.79 Å². The van der Waals surface area contributed by atoms with Crippen molar-refractivity contribution in [3.05, 3.63) is 130 Å². The van der Waals surface area contributed by atoms with Crippen molar-refractivity contribution in [2.45, 2.75) is 220 Å². The average molecular weight is 1270 g/mol. The van der Waals surface area contributed by atoms with Gasteiger partial charge >= 0.3 is 30.0 Å². The minimum absolute atomic E-state index is 0.0243. The zero-order valence-electron chi connectivity index (χ0n) is 55.4. The molecular formula is C75H95NO16. The second-order valence-corrected chi connectivity index (χ2v) is 30.0. The van der Waals surface area contributed by atoms with Crippen molar-refractivity contribution in [1.29, 1.82) is 0 Å². The molecule has 5 saturated carbocycles. The molecule has 1 aliphatic heterocycles. The van der Waals surface area contributed by atoms with E-state index in [1.807, 2.05) is 0 Å². The number of hydrogen-bond acceptors (Lipinski definition) is 16. The summed E-state index contributed by atoms with van der Waals surface area (Å²) in [6.07, 6.45) is 1.35. The SMILES string of the molecule is CC(=O)O[C@H]1C(=O)[C@@]2(C)[C@H]([C@H](OC(=O)c3ccccc3)[C@]3(O)C[C@H](OC(=O)[C@H](OC(=O)O[C@H]4CC[C@@]5(C)C(=CC[C@H]6[C@@H]7CC[C@H]([C@H](C)CCCC(C)C)[C@@]7(C)CC[C@@H]65)C4)[C@@H](NC(=O)c4ccccc4)c4ccccc4)C(C)=C1C3(C)C)[C@]1(OC(C)=O)CO[C@@H]1C[C@@H]2O. The number of rotatable bonds is 17. The van der Waals surface area contributed by atoms with Crippen molar-refractivity contribution in [1.82, 2.24) is 5.32 Å². The molecule has 0 radical (unpaired) electrons. The lowest BCUT2D eigenvalue weighted by Gasteiger charge is -2.67. The number of amides is 1. The van der Waals surface area contributed by atoms with Gasteiger partial charge in [0.15, 0.2) is 17.5 Å². The van der Waals surface area contributed by atoms with Crippen LogP contribution in [0.25, 0.3) is 0 Å². The highest BCUT2D eigenvalue weighted by Gasteiger charge is 2.78. The van der Waals surface area contributed by atoms with E-state index in [-0.39, 0.29) is 40.7 Å². The number of carbonyl (C=O) groups is 7. The largest absolute Gasteiger partial charge is 0.509 e. The standard InChI is InChI=1S/C75H95NO16/c1-42(2)22-21-23-43(3)53-32-33-54-52-31-30-50-38-51(34-36-71(50,9)55(52)35-37-72(53,54)10)88-69(84)90-62(60(47-24-15-12-16-25-47)76-66(81)48-26-17-13-18-27-48)68(83)89-56-40-75(85)65(91-67(82)49-28-19-14-20-29-49)63-73(11,57(79)39-58-74(63,41-86-58)92-46(6)78)64(80)61(87-45(5)77)59(44(56)4)70(75,7)8/h12-20,24-30,42-43,51-58,60-63,65,79,85H,21-23,31-41H2,1-11H3,(H,76,81)/t43-,51+,52+,53-,54+,55+,56+,57+,58-,60+,61-,62-,63+,65+,71+,72-,73-,74+,75-/m1/s1. The molecule has 3 aromatic carbocycles. The Labute approximate surface area is 541 Å². The molecule has 8 aliphatic rings. The quantitative estimate of drug-likeness (QED) is 0.0647. The van der Waals surface area contributed by atoms with Crippen molar-refractivity contribution in [3.63, 3.8) is 0 Å². The highest BCUT2D eigenvalue weighted by atomic mass is 16.7. The summed E-state index contributed by atoms with van der Waals surface area (Å²) >= 11 is 0. The van der Waals surface area contributed by atoms with Crippen molar-refractivity contribution in [3.8, 4) is 0 Å². The second-order valence-electron chi connectivity index (χ2n) is 30.0. The van der Waals surface area contributed by atoms with Crippen LogP contribution in [-0.4, -0.2) is 112 Å². The summed E-state index contributed by atoms with van der Waals surface area (Å²) in [7, 11) is 0. The Morgan fingerprint density at radius 3 is 2.05 bits per heavy atom. The van der Waals surface area contributed by atoms with Gasteiger partial charge in [0.05, 0.1) is 29.6 Å². The van der Waals surface area contributed by atoms with E-state index >= 15 is 9.59 Å². The van der Waals surface area contributed by atoms with Crippen LogP contribution in [0, 0.1) is 63.1 Å². The van der Waals surface area contributed by atoms with Crippen molar-refractivity contribution >= 4 is 41.7 Å². The van der Waals surface area contributed by atoms with Crippen LogP contribution in [0.15, 0.2) is 114 Å². The van der Waals surface area contributed by atoms with Crippen molar-refractivity contribution < 1.29 is 76.9 Å². The van der Waals surface area contributed by atoms with Gasteiger partial charge in [0.2, 0.25) is 6.10 Å². The van der Waals surface area contributed by atoms with Gasteiger partial charge < -0.3 is 48.7 Å². The Balaban J connectivity index is 0.939. The summed E-state index contributed by atoms with van der Waals surface area (Å²) in [5.74, 6) is -3.06. The lowest BCUT2D eigenvalue weighted by molar-refractivity contribution is -0.346. The minimum atomic E-state index is -2.48. The van der Waals surface area contributed by atoms with Gasteiger partial charge in [-0.3, -0.25) is 19.2 Å². The number of ether oxygens (including phenoxy) is 7. The van der Waals surface area contributed by atoms with E-state index in [4.69, 9.17) is 33.2 Å². The molecule has 19 atom stereocenters. The molecule has 7 aliphatic carbocycles. The molecular weight excluding hydrogens is 1170 g/mol. The maximum Gasteiger partial charge on any atom is 0.509 e. The van der Waals surface area contributed by atoms with E-state index in [0.717, 1.165) is 32.1 Å². The van der Waals surface area contributed by atoms with E-state index in [2.05, 4.69) is 46.0 Å². The molecule has 496 valence electrons. The number of allylic oxidation sites excluding steroid dienone is 1. The fourth-order valence-corrected chi connectivity index (χ4v) is 19.3. The number of hydrogen-bond donors (Lipinski definition) is 3. The maximum absolute atomic E-state index is 16.0. The number of carbonyl (C=O) groups excluding carboxylic acids is 7. The van der Waals surface area contributed by atoms with Gasteiger partial charge in [-0.05, 0) is 146 Å². The Morgan fingerprint density at radius 2 is 1.42 bits per heavy atom. The predicted octanol–water partition coefficient (Wildman–Crippen LogP) is 12.3. The number of benzene rings is 3. The monoisotopic (exact) mass is 1270 g/mol. The van der Waals surface area contributed by atoms with E-state index in [1.54, 1.807) is 99.6 Å². The number of aliphatic hydroxyl groups excluding tert-OH is 1. The molecule has 92 heavy (non-hydrogen) atoms. The van der Waals surface area contributed by atoms with Crippen molar-refractivity contribution in [2.24, 2.45) is 63.1 Å². The van der Waals surface area contributed by atoms with E-state index in [0.29, 0.717) is 53.4 Å². The molecule has 1 amide bonds. The highest BCUT2D eigenvalue weighted by Crippen LogP contribution is 2.68. The van der Waals surface area contributed by atoms with Crippen LogP contribution in [0.1, 0.15) is 192 Å².